The quantitative estimate of drug-likeness (QED) is 0.477. The molecule has 2 heterocycles. The number of carbonyl (C=O) groups is 3. The number of hydrogen-bond donors (Lipinski definition) is 1. The molecule has 1 N–H and O–H groups in total. The first-order chi connectivity index (χ1) is 6.95. The number of nitrogens with zero attached hydrogens (tertiary/aromatic N) is 1. The summed E-state index contributed by atoms with van der Waals surface area (Å²) < 4.78 is 0. The Labute approximate surface area is 87.8 Å². The highest BCUT2D eigenvalue weighted by molar-refractivity contribution is 6.05. The van der Waals surface area contributed by atoms with Crippen LogP contribution in [-0.2, 0) is 14.4 Å². The summed E-state index contributed by atoms with van der Waals surface area (Å²) in [5, 5.41) is 2.32. The fraction of sp³-hybridized carbons (Fsp3) is 0.700. The SMILES string of the molecule is CC(C)(C=O)N1C[C@@H]2C(=O)NC(=O)[C@@H]2C1. The Morgan fingerprint density at radius 2 is 1.73 bits per heavy atom. The lowest BCUT2D eigenvalue weighted by Gasteiger charge is -2.30. The summed E-state index contributed by atoms with van der Waals surface area (Å²) in [6.07, 6.45) is 0.858. The van der Waals surface area contributed by atoms with Gasteiger partial charge >= 0.3 is 0 Å². The monoisotopic (exact) mass is 210 g/mol. The molecule has 0 aromatic heterocycles. The third-order valence-electron chi connectivity index (χ3n) is 3.34. The van der Waals surface area contributed by atoms with E-state index in [1.54, 1.807) is 13.8 Å². The zero-order chi connectivity index (χ0) is 11.2. The molecule has 0 aromatic rings. The Bertz CT molecular complexity index is 316. The number of likely N-dealkylation sites (tertiary alicyclic amines) is 1. The van der Waals surface area contributed by atoms with Gasteiger partial charge in [0.1, 0.15) is 6.29 Å². The van der Waals surface area contributed by atoms with Crippen molar-refractivity contribution in [2.45, 2.75) is 19.4 Å². The molecule has 82 valence electrons. The lowest BCUT2D eigenvalue weighted by atomic mass is 10.00. The van der Waals surface area contributed by atoms with E-state index >= 15 is 0 Å². The number of carbonyl (C=O) groups excluding carboxylic acids is 3. The summed E-state index contributed by atoms with van der Waals surface area (Å²) in [6.45, 7) is 4.58. The van der Waals surface area contributed by atoms with E-state index in [0.29, 0.717) is 13.1 Å². The number of imide groups is 1. The van der Waals surface area contributed by atoms with Gasteiger partial charge in [-0.05, 0) is 13.8 Å². The second kappa shape index (κ2) is 3.13. The van der Waals surface area contributed by atoms with Crippen molar-refractivity contribution >= 4 is 18.1 Å². The maximum atomic E-state index is 11.4. The normalized spacial score (nSPS) is 31.6. The van der Waals surface area contributed by atoms with Gasteiger partial charge in [0.15, 0.2) is 0 Å². The van der Waals surface area contributed by atoms with Crippen LogP contribution in [0.2, 0.25) is 0 Å². The van der Waals surface area contributed by atoms with Crippen LogP contribution in [0, 0.1) is 11.8 Å². The van der Waals surface area contributed by atoms with Gasteiger partial charge in [-0.2, -0.15) is 0 Å². The molecule has 0 aliphatic carbocycles. The van der Waals surface area contributed by atoms with Crippen LogP contribution < -0.4 is 5.32 Å². The second-order valence-corrected chi connectivity index (χ2v) is 4.74. The first-order valence-corrected chi connectivity index (χ1v) is 5.02. The number of hydrogen-bond acceptors (Lipinski definition) is 4. The topological polar surface area (TPSA) is 66.5 Å². The van der Waals surface area contributed by atoms with E-state index in [1.807, 2.05) is 4.90 Å². The first-order valence-electron chi connectivity index (χ1n) is 5.02. The molecule has 0 spiro atoms. The van der Waals surface area contributed by atoms with Crippen LogP contribution in [0.3, 0.4) is 0 Å². The molecule has 2 amide bonds. The van der Waals surface area contributed by atoms with Crippen LogP contribution in [0.4, 0.5) is 0 Å². The summed E-state index contributed by atoms with van der Waals surface area (Å²) in [6, 6.07) is 0. The van der Waals surface area contributed by atoms with E-state index in [2.05, 4.69) is 5.32 Å². The van der Waals surface area contributed by atoms with Gasteiger partial charge in [0.2, 0.25) is 11.8 Å². The van der Waals surface area contributed by atoms with E-state index in [4.69, 9.17) is 0 Å². The van der Waals surface area contributed by atoms with Crippen molar-refractivity contribution in [1.29, 1.82) is 0 Å². The summed E-state index contributed by atoms with van der Waals surface area (Å²) in [5.41, 5.74) is -0.592. The summed E-state index contributed by atoms with van der Waals surface area (Å²) in [5.74, 6) is -0.933. The van der Waals surface area contributed by atoms with Gasteiger partial charge in [-0.3, -0.25) is 19.8 Å². The van der Waals surface area contributed by atoms with Crippen molar-refractivity contribution < 1.29 is 14.4 Å². The van der Waals surface area contributed by atoms with Gasteiger partial charge < -0.3 is 4.79 Å². The molecule has 0 aromatic carbocycles. The van der Waals surface area contributed by atoms with Crippen LogP contribution in [0.25, 0.3) is 0 Å². The third-order valence-corrected chi connectivity index (χ3v) is 3.34. The average Bonchev–Trinajstić information content (AvgIpc) is 2.70. The number of fused-ring (bicyclic) bond motifs is 1. The highest BCUT2D eigenvalue weighted by atomic mass is 16.2. The van der Waals surface area contributed by atoms with Crippen molar-refractivity contribution in [1.82, 2.24) is 10.2 Å². The van der Waals surface area contributed by atoms with Gasteiger partial charge in [-0.15, -0.1) is 0 Å². The molecule has 0 bridgehead atoms. The number of rotatable bonds is 2. The Hall–Kier alpha value is -1.23. The van der Waals surface area contributed by atoms with Gasteiger partial charge in [-0.25, -0.2) is 0 Å². The van der Waals surface area contributed by atoms with Crippen LogP contribution in [0.15, 0.2) is 0 Å². The van der Waals surface area contributed by atoms with Gasteiger partial charge in [-0.1, -0.05) is 0 Å². The van der Waals surface area contributed by atoms with E-state index in [9.17, 15) is 14.4 Å². The van der Waals surface area contributed by atoms with Crippen LogP contribution in [0.1, 0.15) is 13.8 Å². The lowest BCUT2D eigenvalue weighted by molar-refractivity contribution is -0.128. The Balaban J connectivity index is 2.17. The molecule has 2 rings (SSSR count). The Morgan fingerprint density at radius 3 is 2.13 bits per heavy atom. The number of nitrogens with one attached hydrogen (secondary N) is 1. The average molecular weight is 210 g/mol. The van der Waals surface area contributed by atoms with E-state index in [-0.39, 0.29) is 23.7 Å². The highest BCUT2D eigenvalue weighted by Gasteiger charge is 2.50. The van der Waals surface area contributed by atoms with E-state index in [0.717, 1.165) is 6.29 Å². The molecular weight excluding hydrogens is 196 g/mol. The molecule has 0 unspecified atom stereocenters. The maximum absolute atomic E-state index is 11.4. The minimum Gasteiger partial charge on any atom is -0.301 e. The molecule has 5 nitrogen and oxygen atoms in total. The van der Waals surface area contributed by atoms with E-state index < -0.39 is 5.54 Å². The molecule has 2 saturated heterocycles. The predicted octanol–water partition coefficient (Wildman–Crippen LogP) is -0.832. The van der Waals surface area contributed by atoms with Gasteiger partial charge in [0, 0.05) is 13.1 Å². The second-order valence-electron chi connectivity index (χ2n) is 4.74. The standard InChI is InChI=1S/C10H14N2O3/c1-10(2,5-13)12-3-6-7(4-12)9(15)11-8(6)14/h5-7H,3-4H2,1-2H3,(H,11,14,15)/t6-,7+. The summed E-state index contributed by atoms with van der Waals surface area (Å²) in [4.78, 5) is 35.5. The van der Waals surface area contributed by atoms with Crippen molar-refractivity contribution in [3.05, 3.63) is 0 Å². The molecule has 2 aliphatic rings. The first kappa shape index (κ1) is 10.3. The molecule has 0 radical (unpaired) electrons. The van der Waals surface area contributed by atoms with Crippen molar-refractivity contribution in [2.24, 2.45) is 11.8 Å². The predicted molar refractivity (Wildman–Crippen MR) is 51.8 cm³/mol. The third kappa shape index (κ3) is 1.47. The Morgan fingerprint density at radius 1 is 1.27 bits per heavy atom. The summed E-state index contributed by atoms with van der Waals surface area (Å²) >= 11 is 0. The molecular formula is C10H14N2O3. The molecule has 2 atom stereocenters. The van der Waals surface area contributed by atoms with Crippen molar-refractivity contribution in [2.75, 3.05) is 13.1 Å². The molecule has 2 fully saturated rings. The fourth-order valence-corrected chi connectivity index (χ4v) is 2.19. The van der Waals surface area contributed by atoms with Crippen LogP contribution >= 0.6 is 0 Å². The van der Waals surface area contributed by atoms with E-state index in [1.165, 1.54) is 0 Å². The van der Waals surface area contributed by atoms with Gasteiger partial charge in [0.05, 0.1) is 17.4 Å². The van der Waals surface area contributed by atoms with Crippen molar-refractivity contribution in [3.63, 3.8) is 0 Å². The zero-order valence-electron chi connectivity index (χ0n) is 8.82. The molecule has 5 heteroatoms. The van der Waals surface area contributed by atoms with Crippen LogP contribution in [-0.4, -0.2) is 41.6 Å². The summed E-state index contributed by atoms with van der Waals surface area (Å²) in [7, 11) is 0. The molecule has 0 saturated carbocycles. The lowest BCUT2D eigenvalue weighted by Crippen LogP contribution is -2.45. The zero-order valence-corrected chi connectivity index (χ0v) is 8.82. The van der Waals surface area contributed by atoms with Crippen molar-refractivity contribution in [3.8, 4) is 0 Å². The minimum atomic E-state index is -0.592. The van der Waals surface area contributed by atoms with Gasteiger partial charge in [0.25, 0.3) is 0 Å². The molecule has 2 aliphatic heterocycles. The number of amides is 2. The largest absolute Gasteiger partial charge is 0.301 e. The fourth-order valence-electron chi connectivity index (χ4n) is 2.19. The Kier molecular flexibility index (Phi) is 2.15. The smallest absolute Gasteiger partial charge is 0.231 e. The van der Waals surface area contributed by atoms with Crippen LogP contribution in [0.5, 0.6) is 0 Å². The minimum absolute atomic E-state index is 0.200. The highest BCUT2D eigenvalue weighted by Crippen LogP contribution is 2.31. The maximum Gasteiger partial charge on any atom is 0.231 e. The molecule has 15 heavy (non-hydrogen) atoms. The number of aldehydes is 1.